The van der Waals surface area contributed by atoms with Crippen molar-refractivity contribution >= 4 is 5.71 Å². The molecule has 0 aliphatic rings. The number of oxime groups is 1. The lowest BCUT2D eigenvalue weighted by Gasteiger charge is -2.06. The molecule has 0 amide bonds. The summed E-state index contributed by atoms with van der Waals surface area (Å²) in [6, 6.07) is 17.6. The first kappa shape index (κ1) is 13.1. The van der Waals surface area contributed by atoms with Gasteiger partial charge < -0.3 is 9.94 Å². The molecule has 19 heavy (non-hydrogen) atoms. The minimum Gasteiger partial charge on any atom is -0.497 e. The highest BCUT2D eigenvalue weighted by molar-refractivity contribution is 6.00. The van der Waals surface area contributed by atoms with E-state index in [1.807, 2.05) is 54.6 Å². The van der Waals surface area contributed by atoms with Gasteiger partial charge in [0.2, 0.25) is 0 Å². The van der Waals surface area contributed by atoms with E-state index in [0.29, 0.717) is 12.1 Å². The zero-order valence-electron chi connectivity index (χ0n) is 10.9. The van der Waals surface area contributed by atoms with Crippen molar-refractivity contribution in [2.45, 2.75) is 12.8 Å². The first-order valence-electron chi connectivity index (χ1n) is 6.23. The molecule has 2 rings (SSSR count). The summed E-state index contributed by atoms with van der Waals surface area (Å²) in [5.41, 5.74) is 2.85. The molecule has 3 heteroatoms. The fourth-order valence-electron chi connectivity index (χ4n) is 1.94. The van der Waals surface area contributed by atoms with E-state index in [1.54, 1.807) is 7.11 Å². The average molecular weight is 255 g/mol. The topological polar surface area (TPSA) is 41.8 Å². The SMILES string of the molecule is COc1ccc(CCC(=NO)c2ccccc2)cc1. The molecular formula is C16H17NO2. The summed E-state index contributed by atoms with van der Waals surface area (Å²) in [5.74, 6) is 0.850. The quantitative estimate of drug-likeness (QED) is 0.504. The van der Waals surface area contributed by atoms with Gasteiger partial charge in [0.15, 0.2) is 0 Å². The summed E-state index contributed by atoms with van der Waals surface area (Å²) in [5, 5.41) is 12.5. The monoisotopic (exact) mass is 255 g/mol. The largest absolute Gasteiger partial charge is 0.497 e. The highest BCUT2D eigenvalue weighted by Crippen LogP contribution is 2.14. The fourth-order valence-corrected chi connectivity index (χ4v) is 1.94. The summed E-state index contributed by atoms with van der Waals surface area (Å²) < 4.78 is 5.12. The van der Waals surface area contributed by atoms with Gasteiger partial charge in [0, 0.05) is 0 Å². The van der Waals surface area contributed by atoms with Gasteiger partial charge in [-0.2, -0.15) is 0 Å². The molecule has 0 aliphatic heterocycles. The van der Waals surface area contributed by atoms with Gasteiger partial charge in [-0.15, -0.1) is 0 Å². The zero-order valence-corrected chi connectivity index (χ0v) is 10.9. The van der Waals surface area contributed by atoms with E-state index in [-0.39, 0.29) is 0 Å². The highest BCUT2D eigenvalue weighted by atomic mass is 16.5. The molecule has 0 saturated carbocycles. The van der Waals surface area contributed by atoms with Crippen molar-refractivity contribution in [3.8, 4) is 5.75 Å². The van der Waals surface area contributed by atoms with Gasteiger partial charge in [0.05, 0.1) is 12.8 Å². The molecule has 0 aromatic heterocycles. The molecule has 0 radical (unpaired) electrons. The van der Waals surface area contributed by atoms with Crippen LogP contribution in [0.2, 0.25) is 0 Å². The Kier molecular flexibility index (Phi) is 4.56. The van der Waals surface area contributed by atoms with Crippen molar-refractivity contribution in [2.75, 3.05) is 7.11 Å². The van der Waals surface area contributed by atoms with Crippen LogP contribution in [0.1, 0.15) is 17.5 Å². The van der Waals surface area contributed by atoms with Crippen LogP contribution in [0.4, 0.5) is 0 Å². The van der Waals surface area contributed by atoms with Crippen molar-refractivity contribution in [2.24, 2.45) is 5.16 Å². The number of rotatable bonds is 5. The maximum atomic E-state index is 9.11. The van der Waals surface area contributed by atoms with E-state index in [9.17, 15) is 0 Å². The lowest BCUT2D eigenvalue weighted by molar-refractivity contribution is 0.318. The van der Waals surface area contributed by atoms with E-state index in [1.165, 1.54) is 5.56 Å². The summed E-state index contributed by atoms with van der Waals surface area (Å²) >= 11 is 0. The van der Waals surface area contributed by atoms with E-state index in [2.05, 4.69) is 5.16 Å². The fraction of sp³-hybridized carbons (Fsp3) is 0.188. The van der Waals surface area contributed by atoms with Crippen molar-refractivity contribution in [3.05, 3.63) is 65.7 Å². The summed E-state index contributed by atoms with van der Waals surface area (Å²) in [7, 11) is 1.65. The van der Waals surface area contributed by atoms with E-state index >= 15 is 0 Å². The van der Waals surface area contributed by atoms with Crippen LogP contribution in [-0.2, 0) is 6.42 Å². The molecule has 98 valence electrons. The average Bonchev–Trinajstić information content (AvgIpc) is 2.49. The number of methoxy groups -OCH3 is 1. The number of benzene rings is 2. The first-order chi connectivity index (χ1) is 9.33. The third-order valence-corrected chi connectivity index (χ3v) is 3.04. The van der Waals surface area contributed by atoms with Gasteiger partial charge in [-0.25, -0.2) is 0 Å². The van der Waals surface area contributed by atoms with Crippen LogP contribution in [0, 0.1) is 0 Å². The Labute approximate surface area is 113 Å². The van der Waals surface area contributed by atoms with E-state index < -0.39 is 0 Å². The molecule has 0 fully saturated rings. The lowest BCUT2D eigenvalue weighted by Crippen LogP contribution is -2.03. The van der Waals surface area contributed by atoms with Gasteiger partial charge in [-0.3, -0.25) is 0 Å². The number of aryl methyl sites for hydroxylation is 1. The third-order valence-electron chi connectivity index (χ3n) is 3.04. The second kappa shape index (κ2) is 6.59. The van der Waals surface area contributed by atoms with Crippen molar-refractivity contribution in [1.29, 1.82) is 0 Å². The van der Waals surface area contributed by atoms with Crippen LogP contribution in [0.3, 0.4) is 0 Å². The Balaban J connectivity index is 2.00. The molecule has 0 aliphatic carbocycles. The highest BCUT2D eigenvalue weighted by Gasteiger charge is 2.04. The molecule has 0 saturated heterocycles. The minimum absolute atomic E-state index is 0.701. The Morgan fingerprint density at radius 3 is 2.32 bits per heavy atom. The molecule has 3 nitrogen and oxygen atoms in total. The van der Waals surface area contributed by atoms with Gasteiger partial charge in [0.1, 0.15) is 5.75 Å². The maximum absolute atomic E-state index is 9.11. The normalized spacial score (nSPS) is 11.3. The first-order valence-corrected chi connectivity index (χ1v) is 6.23. The van der Waals surface area contributed by atoms with Gasteiger partial charge in [-0.05, 0) is 36.1 Å². The van der Waals surface area contributed by atoms with Gasteiger partial charge in [0.25, 0.3) is 0 Å². The molecular weight excluding hydrogens is 238 g/mol. The predicted molar refractivity (Wildman–Crippen MR) is 76.1 cm³/mol. The Hall–Kier alpha value is -2.29. The Morgan fingerprint density at radius 2 is 1.74 bits per heavy atom. The van der Waals surface area contributed by atoms with Crippen LogP contribution < -0.4 is 4.74 Å². The van der Waals surface area contributed by atoms with E-state index in [4.69, 9.17) is 9.94 Å². The van der Waals surface area contributed by atoms with Crippen LogP contribution in [0.25, 0.3) is 0 Å². The molecule has 2 aromatic carbocycles. The van der Waals surface area contributed by atoms with Gasteiger partial charge in [-0.1, -0.05) is 47.6 Å². The van der Waals surface area contributed by atoms with Gasteiger partial charge >= 0.3 is 0 Å². The predicted octanol–water partition coefficient (Wildman–Crippen LogP) is 3.51. The van der Waals surface area contributed by atoms with Crippen LogP contribution in [0.5, 0.6) is 5.75 Å². The maximum Gasteiger partial charge on any atom is 0.118 e. The summed E-state index contributed by atoms with van der Waals surface area (Å²) in [6.45, 7) is 0. The third kappa shape index (κ3) is 3.58. The number of ether oxygens (including phenoxy) is 1. The van der Waals surface area contributed by atoms with Crippen molar-refractivity contribution < 1.29 is 9.94 Å². The number of hydrogen-bond donors (Lipinski definition) is 1. The van der Waals surface area contributed by atoms with E-state index in [0.717, 1.165) is 17.7 Å². The molecule has 0 bridgehead atoms. The van der Waals surface area contributed by atoms with Crippen LogP contribution >= 0.6 is 0 Å². The van der Waals surface area contributed by atoms with Crippen LogP contribution in [-0.4, -0.2) is 18.0 Å². The molecule has 1 N–H and O–H groups in total. The smallest absolute Gasteiger partial charge is 0.118 e. The second-order valence-electron chi connectivity index (χ2n) is 4.26. The Bertz CT molecular complexity index is 532. The molecule has 0 unspecified atom stereocenters. The van der Waals surface area contributed by atoms with Crippen molar-refractivity contribution in [3.63, 3.8) is 0 Å². The van der Waals surface area contributed by atoms with Crippen molar-refractivity contribution in [1.82, 2.24) is 0 Å². The molecule has 0 atom stereocenters. The van der Waals surface area contributed by atoms with Crippen LogP contribution in [0.15, 0.2) is 59.8 Å². The number of nitrogens with zero attached hydrogens (tertiary/aromatic N) is 1. The second-order valence-corrected chi connectivity index (χ2v) is 4.26. The summed E-state index contributed by atoms with van der Waals surface area (Å²) in [4.78, 5) is 0. The lowest BCUT2D eigenvalue weighted by atomic mass is 10.0. The molecule has 0 spiro atoms. The molecule has 0 heterocycles. The Morgan fingerprint density at radius 1 is 1.05 bits per heavy atom. The molecule has 2 aromatic rings. The summed E-state index contributed by atoms with van der Waals surface area (Å²) in [6.07, 6.45) is 1.53. The minimum atomic E-state index is 0.701. The number of hydrogen-bond acceptors (Lipinski definition) is 3. The zero-order chi connectivity index (χ0) is 13.5. The standard InChI is InChI=1S/C16H17NO2/c1-19-15-10-7-13(8-11-15)9-12-16(17-18)14-5-3-2-4-6-14/h2-8,10-11,18H,9,12H2,1H3.